The Morgan fingerprint density at radius 3 is 2.25 bits per heavy atom. The summed E-state index contributed by atoms with van der Waals surface area (Å²) < 4.78 is 22.6. The molecule has 17 heteroatoms. The first-order chi connectivity index (χ1) is 28.8. The fourth-order valence-corrected chi connectivity index (χ4v) is 9.95. The number of alkyl carbamates (subject to hydrolysis) is 1. The van der Waals surface area contributed by atoms with Gasteiger partial charge in [0, 0.05) is 43.7 Å². The van der Waals surface area contributed by atoms with E-state index in [-0.39, 0.29) is 50.5 Å². The SMILES string of the molecule is COCCOC(=O)NC(C(=O)NC(CCCNC(N)=O)C(=O)Nc1ccc(COc2c(/C=C/C#N)ccc(C3(OC)OOC34C3CC5CC(C3)CC4C5)c2Cl)cc1)C(C)C. The molecule has 4 aliphatic carbocycles. The molecule has 16 nitrogen and oxygen atoms in total. The molecule has 3 unspecified atom stereocenters. The van der Waals surface area contributed by atoms with Crippen LogP contribution in [0.1, 0.15) is 75.5 Å². The van der Waals surface area contributed by atoms with Gasteiger partial charge in [-0.15, -0.1) is 0 Å². The Morgan fingerprint density at radius 1 is 0.967 bits per heavy atom. The molecule has 1 heterocycles. The molecule has 1 aliphatic heterocycles. The highest BCUT2D eigenvalue weighted by atomic mass is 35.5. The van der Waals surface area contributed by atoms with Gasteiger partial charge in [-0.25, -0.2) is 14.5 Å². The summed E-state index contributed by atoms with van der Waals surface area (Å²) in [6.45, 7) is 3.95. The minimum Gasteiger partial charge on any atom is -0.487 e. The average Bonchev–Trinajstić information content (AvgIpc) is 3.20. The zero-order valence-corrected chi connectivity index (χ0v) is 35.2. The predicted octanol–water partition coefficient (Wildman–Crippen LogP) is 5.68. The van der Waals surface area contributed by atoms with Crippen molar-refractivity contribution < 1.29 is 47.9 Å². The fraction of sp³-hybridized carbons (Fsp3) is 0.558. The first-order valence-corrected chi connectivity index (χ1v) is 20.8. The highest BCUT2D eigenvalue weighted by Crippen LogP contribution is 2.70. The van der Waals surface area contributed by atoms with Gasteiger partial charge in [-0.05, 0) is 98.3 Å². The topological polar surface area (TPSA) is 222 Å². The average molecular weight is 851 g/mol. The first-order valence-electron chi connectivity index (χ1n) is 20.4. The van der Waals surface area contributed by atoms with Crippen molar-refractivity contribution in [2.75, 3.05) is 39.3 Å². The Kier molecular flexibility index (Phi) is 14.6. The van der Waals surface area contributed by atoms with E-state index in [0.29, 0.717) is 45.8 Å². The monoisotopic (exact) mass is 850 g/mol. The number of ether oxygens (including phenoxy) is 4. The summed E-state index contributed by atoms with van der Waals surface area (Å²) in [6, 6.07) is 9.93. The van der Waals surface area contributed by atoms with Crippen molar-refractivity contribution in [3.05, 3.63) is 64.2 Å². The van der Waals surface area contributed by atoms with E-state index in [9.17, 15) is 24.4 Å². The van der Waals surface area contributed by atoms with Gasteiger partial charge in [-0.2, -0.15) is 10.1 Å². The number of amides is 5. The van der Waals surface area contributed by atoms with Crippen LogP contribution >= 0.6 is 11.6 Å². The van der Waals surface area contributed by atoms with Crippen LogP contribution in [0.5, 0.6) is 5.75 Å². The van der Waals surface area contributed by atoms with Crippen LogP contribution in [0.25, 0.3) is 6.08 Å². The lowest BCUT2D eigenvalue weighted by Crippen LogP contribution is -2.76. The number of nitrogens with zero attached hydrogens (tertiary/aromatic N) is 1. The molecule has 5 aliphatic rings. The lowest BCUT2D eigenvalue weighted by atomic mass is 9.47. The number of nitrogens with one attached hydrogen (secondary N) is 4. The van der Waals surface area contributed by atoms with E-state index >= 15 is 0 Å². The van der Waals surface area contributed by atoms with Crippen molar-refractivity contribution in [2.45, 2.75) is 88.9 Å². The summed E-state index contributed by atoms with van der Waals surface area (Å²) >= 11 is 7.23. The highest BCUT2D eigenvalue weighted by Gasteiger charge is 2.77. The number of rotatable bonds is 19. The first kappa shape index (κ1) is 44.6. The molecular formula is C43H55ClN6O10. The number of nitriles is 1. The summed E-state index contributed by atoms with van der Waals surface area (Å²) in [6.07, 6.45) is 8.20. The second-order valence-electron chi connectivity index (χ2n) is 16.4. The molecule has 4 bridgehead atoms. The zero-order chi connectivity index (χ0) is 43.0. The van der Waals surface area contributed by atoms with Gasteiger partial charge >= 0.3 is 12.1 Å². The molecule has 6 N–H and O–H groups in total. The maximum Gasteiger partial charge on any atom is 0.407 e. The second-order valence-corrected chi connectivity index (χ2v) is 16.7. The smallest absolute Gasteiger partial charge is 0.407 e. The van der Waals surface area contributed by atoms with Gasteiger partial charge in [0.15, 0.2) is 5.60 Å². The van der Waals surface area contributed by atoms with Crippen LogP contribution in [0.15, 0.2) is 42.5 Å². The summed E-state index contributed by atoms with van der Waals surface area (Å²) in [5.74, 6) is -0.365. The minimum atomic E-state index is -1.22. The standard InChI is InChI=1S/C43H55ClN6O10/c1-25(2)36(50-41(54)57-18-17-55-3)39(52)49-34(8-6-16-47-40(46)53)38(51)48-32-12-9-26(10-13-32)24-58-37-29(7-5-15-45)11-14-33(35(37)44)43(56-4)42(59-60-43)30-20-27-19-28(22-30)23-31(42)21-27/h5,7,9-14,25,27-28,30-31,34,36H,6,8,16-24H2,1-4H3,(H,48,51)(H,49,52)(H,50,54)(H3,46,47,53)/b7-5+. The summed E-state index contributed by atoms with van der Waals surface area (Å²) in [5, 5.41) is 20.3. The van der Waals surface area contributed by atoms with E-state index in [2.05, 4.69) is 21.3 Å². The molecule has 0 radical (unpaired) electrons. The third-order valence-electron chi connectivity index (χ3n) is 12.2. The van der Waals surface area contributed by atoms with Gasteiger partial charge in [0.1, 0.15) is 31.0 Å². The van der Waals surface area contributed by atoms with E-state index in [1.807, 2.05) is 18.2 Å². The van der Waals surface area contributed by atoms with Crippen molar-refractivity contribution in [3.8, 4) is 11.8 Å². The number of halogens is 1. The lowest BCUT2D eigenvalue weighted by molar-refractivity contribution is -0.645. The number of carbonyl (C=O) groups excluding carboxylic acids is 4. The number of hydrogen-bond donors (Lipinski definition) is 5. The molecule has 5 fully saturated rings. The van der Waals surface area contributed by atoms with Crippen LogP contribution < -0.4 is 31.7 Å². The molecule has 5 amide bonds. The summed E-state index contributed by atoms with van der Waals surface area (Å²) in [7, 11) is 3.09. The molecule has 60 heavy (non-hydrogen) atoms. The van der Waals surface area contributed by atoms with Crippen LogP contribution in [-0.2, 0) is 46.0 Å². The van der Waals surface area contributed by atoms with Crippen molar-refractivity contribution in [1.29, 1.82) is 5.26 Å². The molecule has 1 spiro atoms. The van der Waals surface area contributed by atoms with Crippen LogP contribution in [-0.4, -0.2) is 75.6 Å². The van der Waals surface area contributed by atoms with Crippen LogP contribution in [0, 0.1) is 40.9 Å². The van der Waals surface area contributed by atoms with Gasteiger partial charge in [0.05, 0.1) is 17.7 Å². The van der Waals surface area contributed by atoms with Gasteiger partial charge < -0.3 is 45.9 Å². The maximum absolute atomic E-state index is 13.6. The molecule has 0 aromatic heterocycles. The van der Waals surface area contributed by atoms with Gasteiger partial charge in [0.2, 0.25) is 11.8 Å². The third-order valence-corrected chi connectivity index (χ3v) is 12.6. The van der Waals surface area contributed by atoms with E-state index in [1.165, 1.54) is 19.6 Å². The van der Waals surface area contributed by atoms with Crippen LogP contribution in [0.2, 0.25) is 5.02 Å². The number of methoxy groups -OCH3 is 2. The number of urea groups is 1. The largest absolute Gasteiger partial charge is 0.487 e. The molecule has 4 saturated carbocycles. The van der Waals surface area contributed by atoms with Gasteiger partial charge in [0.25, 0.3) is 5.79 Å². The molecule has 7 rings (SSSR count). The second kappa shape index (κ2) is 19.6. The zero-order valence-electron chi connectivity index (χ0n) is 34.4. The number of allylic oxidation sites excluding steroid dienone is 1. The predicted molar refractivity (Wildman–Crippen MR) is 220 cm³/mol. The van der Waals surface area contributed by atoms with Crippen molar-refractivity contribution >= 4 is 47.3 Å². The number of nitrogens with two attached hydrogens (primary N) is 1. The molecule has 3 atom stereocenters. The molecular weight excluding hydrogens is 796 g/mol. The molecule has 2 aromatic carbocycles. The maximum atomic E-state index is 13.6. The van der Waals surface area contributed by atoms with Gasteiger partial charge in [-0.3, -0.25) is 9.59 Å². The van der Waals surface area contributed by atoms with Crippen molar-refractivity contribution in [2.24, 2.45) is 35.3 Å². The summed E-state index contributed by atoms with van der Waals surface area (Å²) in [4.78, 5) is 62.7. The third kappa shape index (κ3) is 9.35. The van der Waals surface area contributed by atoms with Gasteiger partial charge in [-0.1, -0.05) is 49.7 Å². The Morgan fingerprint density at radius 2 is 1.67 bits per heavy atom. The molecule has 2 aromatic rings. The van der Waals surface area contributed by atoms with Crippen LogP contribution in [0.4, 0.5) is 15.3 Å². The van der Waals surface area contributed by atoms with E-state index in [0.717, 1.165) is 31.2 Å². The fourth-order valence-electron chi connectivity index (χ4n) is 9.60. The Balaban J connectivity index is 1.15. The summed E-state index contributed by atoms with van der Waals surface area (Å²) in [5.41, 5.74) is 6.93. The minimum absolute atomic E-state index is 0.00135. The van der Waals surface area contributed by atoms with Crippen molar-refractivity contribution in [3.63, 3.8) is 0 Å². The number of primary amides is 1. The molecule has 1 saturated heterocycles. The van der Waals surface area contributed by atoms with Crippen LogP contribution in [0.3, 0.4) is 0 Å². The normalized spacial score (nSPS) is 25.9. The number of anilines is 1. The van der Waals surface area contributed by atoms with E-state index in [1.54, 1.807) is 51.3 Å². The van der Waals surface area contributed by atoms with E-state index in [4.69, 9.17) is 46.1 Å². The highest BCUT2D eigenvalue weighted by molar-refractivity contribution is 6.33. The number of benzene rings is 2. The van der Waals surface area contributed by atoms with Crippen molar-refractivity contribution in [1.82, 2.24) is 16.0 Å². The Hall–Kier alpha value is -4.92. The Labute approximate surface area is 355 Å². The Bertz CT molecular complexity index is 1920. The number of carbonyl (C=O) groups is 4. The quantitative estimate of drug-likeness (QED) is 0.0657. The van der Waals surface area contributed by atoms with E-state index < -0.39 is 47.4 Å². The molecule has 324 valence electrons. The number of hydrogen-bond acceptors (Lipinski definition) is 11. The lowest BCUT2D eigenvalue weighted by Gasteiger charge is -2.68.